The van der Waals surface area contributed by atoms with Gasteiger partial charge in [-0.1, -0.05) is 0 Å². The Hall–Kier alpha value is -5.91. The van der Waals surface area contributed by atoms with E-state index in [1.807, 2.05) is 5.32 Å². The third kappa shape index (κ3) is 13.9. The van der Waals surface area contributed by atoms with Gasteiger partial charge in [0.2, 0.25) is 23.7 Å². The molecule has 0 aliphatic carbocycles. The molecule has 1 aromatic carbocycles. The van der Waals surface area contributed by atoms with E-state index in [0.29, 0.717) is 11.4 Å². The molecule has 2 aromatic heterocycles. The van der Waals surface area contributed by atoms with Gasteiger partial charge in [0.25, 0.3) is 11.5 Å². The Bertz CT molecular complexity index is 1920. The molecule has 0 aliphatic rings. The molecule has 25 heteroatoms. The molecule has 2 heterocycles. The number of hydrogen-bond donors (Lipinski definition) is 12. The van der Waals surface area contributed by atoms with Crippen LogP contribution in [0.1, 0.15) is 35.3 Å². The van der Waals surface area contributed by atoms with E-state index < -0.39 is 90.6 Å². The number of H-pyrrole nitrogens is 1. The molecule has 4 amide bonds. The summed E-state index contributed by atoms with van der Waals surface area (Å²) in [4.78, 5) is 111. The van der Waals surface area contributed by atoms with Crippen molar-refractivity contribution in [3.63, 3.8) is 0 Å². The van der Waals surface area contributed by atoms with E-state index in [2.05, 4.69) is 53.8 Å². The molecule has 0 saturated carbocycles. The van der Waals surface area contributed by atoms with Crippen LogP contribution in [-0.2, 0) is 57.7 Å². The van der Waals surface area contributed by atoms with Crippen LogP contribution in [0.3, 0.4) is 0 Å². The third-order valence-corrected chi connectivity index (χ3v) is 7.40. The predicted octanol–water partition coefficient (Wildman–Crippen LogP) is -3.35. The Balaban J connectivity index is 0.00000495. The van der Waals surface area contributed by atoms with Gasteiger partial charge in [0.1, 0.15) is 24.2 Å². The first-order chi connectivity index (χ1) is 25.6. The molecule has 4 atom stereocenters. The summed E-state index contributed by atoms with van der Waals surface area (Å²) in [5, 5.41) is 39.6. The fraction of sp³-hybridized carbons (Fsp3) is 0.345. The topological polar surface area (TPSA) is 381 Å². The fourth-order valence-electron chi connectivity index (χ4n) is 4.29. The van der Waals surface area contributed by atoms with Gasteiger partial charge in [0, 0.05) is 30.0 Å². The quantitative estimate of drug-likeness (QED) is 0.0524. The summed E-state index contributed by atoms with van der Waals surface area (Å²) in [5.74, 6) is -8.38. The van der Waals surface area contributed by atoms with E-state index in [9.17, 15) is 43.5 Å². The van der Waals surface area contributed by atoms with Crippen LogP contribution >= 0.6 is 12.6 Å². The average molecular weight is 861 g/mol. The third-order valence-electron chi connectivity index (χ3n) is 7.04. The molecule has 0 unspecified atom stereocenters. The van der Waals surface area contributed by atoms with Crippen molar-refractivity contribution in [1.82, 2.24) is 41.2 Å². The maximum absolute atomic E-state index is 12.8. The van der Waals surface area contributed by atoms with E-state index in [-0.39, 0.29) is 41.4 Å². The van der Waals surface area contributed by atoms with Crippen molar-refractivity contribution in [3.05, 3.63) is 52.1 Å². The average Bonchev–Trinajstić information content (AvgIpc) is 3.13. The summed E-state index contributed by atoms with van der Waals surface area (Å²) in [7, 11) is 0. The summed E-state index contributed by atoms with van der Waals surface area (Å²) in [6, 6.07) is -0.170. The number of fused-ring (bicyclic) bond motifs is 1. The van der Waals surface area contributed by atoms with E-state index in [1.54, 1.807) is 12.1 Å². The Morgan fingerprint density at radius 3 is 2.11 bits per heavy atom. The number of carboxylic acids is 3. The summed E-state index contributed by atoms with van der Waals surface area (Å²) >= 11 is 4.69. The number of thiol groups is 1. The van der Waals surface area contributed by atoms with Crippen molar-refractivity contribution in [1.29, 1.82) is 0 Å². The molecule has 54 heavy (non-hydrogen) atoms. The van der Waals surface area contributed by atoms with Crippen LogP contribution in [0.5, 0.6) is 0 Å². The minimum absolute atomic E-state index is 0.00716. The minimum atomic E-state index is -1.70. The number of carbonyl (C=O) groups is 7. The Morgan fingerprint density at radius 1 is 0.889 bits per heavy atom. The van der Waals surface area contributed by atoms with Crippen molar-refractivity contribution in [3.8, 4) is 0 Å². The summed E-state index contributed by atoms with van der Waals surface area (Å²) in [5.41, 5.74) is 11.9. The molecular formula is C29H35N11O12STc. The second kappa shape index (κ2) is 21.6. The first-order valence-electron chi connectivity index (χ1n) is 15.3. The number of amides is 4. The first kappa shape index (κ1) is 44.3. The second-order valence-electron chi connectivity index (χ2n) is 11.0. The van der Waals surface area contributed by atoms with Crippen LogP contribution in [0.25, 0.3) is 11.2 Å². The van der Waals surface area contributed by atoms with Crippen LogP contribution in [0.4, 0.5) is 11.6 Å². The fourth-order valence-corrected chi connectivity index (χ4v) is 4.54. The Labute approximate surface area is 319 Å². The predicted molar refractivity (Wildman–Crippen MR) is 184 cm³/mol. The molecule has 0 spiro atoms. The molecule has 0 bridgehead atoms. The number of hydrogen-bond acceptors (Lipinski definition) is 16. The molecule has 0 fully saturated rings. The van der Waals surface area contributed by atoms with Crippen molar-refractivity contribution in [2.45, 2.75) is 50.0 Å². The first-order valence-corrected chi connectivity index (χ1v) is 16.7. The van der Waals surface area contributed by atoms with Gasteiger partial charge in [0.05, 0.1) is 24.9 Å². The molecule has 291 valence electrons. The summed E-state index contributed by atoms with van der Waals surface area (Å²) < 4.78 is 8.22. The number of nitrogen functional groups attached to an aromatic ring is 1. The summed E-state index contributed by atoms with van der Waals surface area (Å²) in [6.07, 6.45) is -0.246. The second-order valence-corrected chi connectivity index (χ2v) is 11.3. The van der Waals surface area contributed by atoms with Crippen molar-refractivity contribution >= 4 is 77.0 Å². The van der Waals surface area contributed by atoms with E-state index >= 15 is 0 Å². The number of carbonyl (C=O) groups excluding carboxylic acids is 4. The number of aromatic amines is 1. The zero-order chi connectivity index (χ0) is 40.5. The van der Waals surface area contributed by atoms with Crippen LogP contribution in [-0.4, -0.2) is 113 Å². The van der Waals surface area contributed by atoms with Crippen molar-refractivity contribution < 1.29 is 71.2 Å². The number of carboxylic acid groups (broad SMARTS) is 3. The monoisotopic (exact) mass is 860 g/mol. The van der Waals surface area contributed by atoms with Gasteiger partial charge in [-0.25, -0.2) is 19.6 Å². The number of benzene rings is 1. The van der Waals surface area contributed by atoms with Crippen molar-refractivity contribution in [2.24, 2.45) is 5.73 Å². The Kier molecular flexibility index (Phi) is 17.7. The van der Waals surface area contributed by atoms with Crippen molar-refractivity contribution in [2.75, 3.05) is 23.3 Å². The molecule has 3 rings (SSSR count). The number of anilines is 2. The van der Waals surface area contributed by atoms with Gasteiger partial charge in [0.15, 0.2) is 11.2 Å². The Morgan fingerprint density at radius 2 is 1.52 bits per heavy atom. The molecular weight excluding hydrogens is 825 g/mol. The normalized spacial score (nSPS) is 12.7. The van der Waals surface area contributed by atoms with Gasteiger partial charge in [-0.2, -0.15) is 17.6 Å². The number of aromatic nitrogens is 4. The van der Waals surface area contributed by atoms with Crippen LogP contribution in [0, 0.1) is 0 Å². The molecule has 0 saturated heterocycles. The van der Waals surface area contributed by atoms with Crippen LogP contribution < -0.4 is 43.6 Å². The number of nitrogens with zero attached hydrogens (tertiary/aromatic N) is 3. The van der Waals surface area contributed by atoms with E-state index in [0.717, 1.165) is 18.9 Å². The van der Waals surface area contributed by atoms with Gasteiger partial charge in [-0.3, -0.25) is 33.8 Å². The SMILES string of the molecule is Nc1nc2ncc(CNc3ccc(C(=O)N[C@H](CCC(=O)NC[C@H](N)C(=O)N[C@@H](CC(=O)O)C(=O)N[C@@H](CS)C(=O)O)C(=O)O)cc3)nc2c(=O)[nH]1.[O]=[99Tc]. The number of rotatable bonds is 19. The summed E-state index contributed by atoms with van der Waals surface area (Å²) in [6.45, 7) is -0.339. The van der Waals surface area contributed by atoms with Gasteiger partial charge >= 0.3 is 40.3 Å². The van der Waals surface area contributed by atoms with Crippen LogP contribution in [0.15, 0.2) is 35.3 Å². The van der Waals surface area contributed by atoms with Gasteiger partial charge < -0.3 is 53.4 Å². The van der Waals surface area contributed by atoms with Crippen LogP contribution in [0.2, 0.25) is 0 Å². The molecule has 13 N–H and O–H groups in total. The molecule has 0 aliphatic heterocycles. The number of nitrogens with two attached hydrogens (primary N) is 2. The standard InChI is InChI=1S/C29H35N11O11S.O.Tc/c30-15(24(45)37-17(7-20(42)43)25(46)38-18(11-52)28(50)51)10-33-19(41)6-5-16(27(48)49)36-23(44)12-1-3-13(4-2-12)32-8-14-9-34-22-21(35-14)26(47)40-29(31)39-22;;/h1-4,9,15-18,32,52H,5-8,10-11,30H2,(H,33,41)(H,36,44)(H,37,45)(H,38,46)(H,42,43)(H,48,49)(H,50,51)(H3,31,34,39,40,47);;/t15-,16+,17-,18-;;/m0../s1/i;;1+1. The van der Waals surface area contributed by atoms with Gasteiger partial charge in [-0.05, 0) is 30.7 Å². The molecule has 0 radical (unpaired) electrons. The van der Waals surface area contributed by atoms with E-state index in [1.165, 1.54) is 18.3 Å². The van der Waals surface area contributed by atoms with Gasteiger partial charge in [-0.15, -0.1) is 0 Å². The maximum atomic E-state index is 12.8. The molecule has 23 nitrogen and oxygen atoms in total. The number of nitrogens with one attached hydrogen (secondary N) is 6. The zero-order valence-corrected chi connectivity index (χ0v) is 30.5. The zero-order valence-electron chi connectivity index (χ0n) is 27.8. The molecule has 3 aromatic rings. The van der Waals surface area contributed by atoms with E-state index in [4.69, 9.17) is 25.2 Å². The number of aliphatic carboxylic acids is 3.